The highest BCUT2D eigenvalue weighted by molar-refractivity contribution is 7.89. The van der Waals surface area contributed by atoms with E-state index in [4.69, 9.17) is 10.8 Å². The Morgan fingerprint density at radius 2 is 2.10 bits per heavy atom. The summed E-state index contributed by atoms with van der Waals surface area (Å²) < 4.78 is 27.2. The van der Waals surface area contributed by atoms with Gasteiger partial charge in [-0.25, -0.2) is 13.1 Å². The number of amides is 1. The van der Waals surface area contributed by atoms with E-state index >= 15 is 0 Å². The van der Waals surface area contributed by atoms with Crippen molar-refractivity contribution in [2.45, 2.75) is 30.7 Å². The quantitative estimate of drug-likeness (QED) is 0.494. The molecule has 1 aromatic heterocycles. The summed E-state index contributed by atoms with van der Waals surface area (Å²) in [6, 6.07) is 0. The van der Waals surface area contributed by atoms with Crippen molar-refractivity contribution in [1.82, 2.24) is 14.5 Å². The molecule has 20 heavy (non-hydrogen) atoms. The number of nitrogens with zero attached hydrogens (tertiary/aromatic N) is 2. The number of aryl methyl sites for hydroxylation is 1. The van der Waals surface area contributed by atoms with Gasteiger partial charge >= 0.3 is 5.97 Å². The lowest BCUT2D eigenvalue weighted by Crippen LogP contribution is -2.25. The van der Waals surface area contributed by atoms with Gasteiger partial charge in [-0.15, -0.1) is 0 Å². The van der Waals surface area contributed by atoms with Crippen LogP contribution in [0.4, 0.5) is 0 Å². The molecule has 9 nitrogen and oxygen atoms in total. The molecule has 0 unspecified atom stereocenters. The van der Waals surface area contributed by atoms with Gasteiger partial charge in [0.1, 0.15) is 4.90 Å². The molecule has 0 aliphatic rings. The summed E-state index contributed by atoms with van der Waals surface area (Å²) in [4.78, 5) is 20.9. The summed E-state index contributed by atoms with van der Waals surface area (Å²) in [5.74, 6) is -1.49. The fraction of sp³-hybridized carbons (Fsp3) is 0.500. The molecule has 0 atom stereocenters. The monoisotopic (exact) mass is 304 g/mol. The predicted molar refractivity (Wildman–Crippen MR) is 68.1 cm³/mol. The highest BCUT2D eigenvalue weighted by atomic mass is 32.2. The molecule has 1 heterocycles. The van der Waals surface area contributed by atoms with Crippen LogP contribution in [0, 0.1) is 0 Å². The molecule has 0 saturated heterocycles. The molecule has 1 amide bonds. The Hall–Kier alpha value is -1.94. The van der Waals surface area contributed by atoms with Crippen molar-refractivity contribution in [2.75, 3.05) is 6.54 Å². The summed E-state index contributed by atoms with van der Waals surface area (Å²) in [5.41, 5.74) is 4.94. The molecule has 1 aromatic rings. The van der Waals surface area contributed by atoms with Crippen LogP contribution in [0.3, 0.4) is 0 Å². The molecule has 0 aromatic carbocycles. The molecule has 0 fully saturated rings. The summed E-state index contributed by atoms with van der Waals surface area (Å²) in [6.07, 6.45) is 2.65. The van der Waals surface area contributed by atoms with E-state index < -0.39 is 21.9 Å². The Kier molecular flexibility index (Phi) is 5.65. The lowest BCUT2D eigenvalue weighted by atomic mass is 10.3. The number of hydrogen-bond donors (Lipinski definition) is 3. The maximum atomic E-state index is 11.8. The highest BCUT2D eigenvalue weighted by Gasteiger charge is 2.16. The van der Waals surface area contributed by atoms with Crippen LogP contribution in [-0.2, 0) is 26.2 Å². The molecule has 0 bridgehead atoms. The maximum Gasteiger partial charge on any atom is 0.305 e. The number of aromatic nitrogens is 2. The zero-order chi connectivity index (χ0) is 15.2. The largest absolute Gasteiger partial charge is 0.481 e. The first-order chi connectivity index (χ1) is 9.31. The molecule has 0 aliphatic heterocycles. The topological polar surface area (TPSA) is 144 Å². The molecule has 0 saturated carbocycles. The lowest BCUT2D eigenvalue weighted by Gasteiger charge is -2.03. The number of carbonyl (C=O) groups excluding carboxylic acids is 1. The Bertz CT molecular complexity index is 580. The normalized spacial score (nSPS) is 11.4. The van der Waals surface area contributed by atoms with Crippen molar-refractivity contribution in [3.63, 3.8) is 0 Å². The van der Waals surface area contributed by atoms with E-state index in [1.807, 2.05) is 0 Å². The first-order valence-electron chi connectivity index (χ1n) is 5.83. The minimum Gasteiger partial charge on any atom is -0.481 e. The SMILES string of the molecule is NC(=O)CCCNS(=O)(=O)c1cnn(CCC(=O)O)c1. The van der Waals surface area contributed by atoms with Crippen molar-refractivity contribution in [3.05, 3.63) is 12.4 Å². The lowest BCUT2D eigenvalue weighted by molar-refractivity contribution is -0.137. The van der Waals surface area contributed by atoms with Crippen LogP contribution in [0.1, 0.15) is 19.3 Å². The third-order valence-corrected chi connectivity index (χ3v) is 3.78. The molecule has 0 spiro atoms. The van der Waals surface area contributed by atoms with Crippen LogP contribution in [0.25, 0.3) is 0 Å². The van der Waals surface area contributed by atoms with Gasteiger partial charge in [-0.2, -0.15) is 5.10 Å². The first kappa shape index (κ1) is 16.1. The molecular weight excluding hydrogens is 288 g/mol. The highest BCUT2D eigenvalue weighted by Crippen LogP contribution is 2.07. The maximum absolute atomic E-state index is 11.8. The number of carbonyl (C=O) groups is 2. The van der Waals surface area contributed by atoms with Gasteiger partial charge in [-0.3, -0.25) is 14.3 Å². The van der Waals surface area contributed by atoms with Gasteiger partial charge in [0.15, 0.2) is 0 Å². The van der Waals surface area contributed by atoms with Crippen molar-refractivity contribution in [2.24, 2.45) is 5.73 Å². The molecule has 1 rings (SSSR count). The first-order valence-corrected chi connectivity index (χ1v) is 7.32. The van der Waals surface area contributed by atoms with Crippen LogP contribution in [0.5, 0.6) is 0 Å². The molecular formula is C10H16N4O5S. The van der Waals surface area contributed by atoms with Gasteiger partial charge in [0.2, 0.25) is 15.9 Å². The standard InChI is InChI=1S/C10H16N4O5S/c11-9(15)2-1-4-13-20(18,19)8-6-12-14(7-8)5-3-10(16)17/h6-7,13H,1-5H2,(H2,11,15)(H,16,17). The smallest absolute Gasteiger partial charge is 0.305 e. The van der Waals surface area contributed by atoms with Crippen molar-refractivity contribution in [3.8, 4) is 0 Å². The van der Waals surface area contributed by atoms with Crippen molar-refractivity contribution < 1.29 is 23.1 Å². The van der Waals surface area contributed by atoms with Gasteiger partial charge in [0, 0.05) is 19.2 Å². The van der Waals surface area contributed by atoms with E-state index in [0.717, 1.165) is 6.20 Å². The second-order valence-corrected chi connectivity index (χ2v) is 5.82. The fourth-order valence-electron chi connectivity index (χ4n) is 1.37. The zero-order valence-electron chi connectivity index (χ0n) is 10.7. The number of nitrogens with one attached hydrogen (secondary N) is 1. The van der Waals surface area contributed by atoms with Gasteiger partial charge in [-0.05, 0) is 6.42 Å². The minimum atomic E-state index is -3.71. The van der Waals surface area contributed by atoms with Gasteiger partial charge in [0.05, 0.1) is 19.2 Å². The van der Waals surface area contributed by atoms with E-state index in [1.165, 1.54) is 10.9 Å². The molecule has 112 valence electrons. The zero-order valence-corrected chi connectivity index (χ0v) is 11.5. The second-order valence-electron chi connectivity index (χ2n) is 4.05. The molecule has 0 aliphatic carbocycles. The number of carboxylic acid groups (broad SMARTS) is 1. The summed E-state index contributed by atoms with van der Waals surface area (Å²) in [6.45, 7) is 0.179. The van der Waals surface area contributed by atoms with Crippen LogP contribution < -0.4 is 10.5 Å². The number of sulfonamides is 1. The third kappa shape index (κ3) is 5.36. The Morgan fingerprint density at radius 1 is 1.40 bits per heavy atom. The number of aliphatic carboxylic acids is 1. The van der Waals surface area contributed by atoms with E-state index in [1.54, 1.807) is 0 Å². The van der Waals surface area contributed by atoms with E-state index in [-0.39, 0.29) is 30.8 Å². The van der Waals surface area contributed by atoms with Crippen molar-refractivity contribution in [1.29, 1.82) is 0 Å². The number of hydrogen-bond acceptors (Lipinski definition) is 5. The summed E-state index contributed by atoms with van der Waals surface area (Å²) >= 11 is 0. The van der Waals surface area contributed by atoms with Crippen LogP contribution in [0.15, 0.2) is 17.3 Å². The number of rotatable bonds is 9. The van der Waals surface area contributed by atoms with Crippen LogP contribution >= 0.6 is 0 Å². The van der Waals surface area contributed by atoms with E-state index in [2.05, 4.69) is 9.82 Å². The number of nitrogens with two attached hydrogens (primary N) is 1. The number of carboxylic acids is 1. The minimum absolute atomic E-state index is 0.0537. The molecule has 4 N–H and O–H groups in total. The van der Waals surface area contributed by atoms with Gasteiger partial charge in [-0.1, -0.05) is 0 Å². The summed E-state index contributed by atoms with van der Waals surface area (Å²) in [7, 11) is -3.71. The summed E-state index contributed by atoms with van der Waals surface area (Å²) in [5, 5.41) is 12.3. The van der Waals surface area contributed by atoms with Gasteiger partial charge in [0.25, 0.3) is 0 Å². The van der Waals surface area contributed by atoms with E-state index in [9.17, 15) is 18.0 Å². The van der Waals surface area contributed by atoms with Crippen LogP contribution in [0.2, 0.25) is 0 Å². The second kappa shape index (κ2) is 7.01. The number of primary amides is 1. The van der Waals surface area contributed by atoms with Crippen LogP contribution in [-0.4, -0.2) is 41.7 Å². The molecule has 0 radical (unpaired) electrons. The Morgan fingerprint density at radius 3 is 2.70 bits per heavy atom. The van der Waals surface area contributed by atoms with Crippen molar-refractivity contribution >= 4 is 21.9 Å². The van der Waals surface area contributed by atoms with E-state index in [0.29, 0.717) is 6.42 Å². The predicted octanol–water partition coefficient (Wildman–Crippen LogP) is -1.10. The fourth-order valence-corrected chi connectivity index (χ4v) is 2.39. The van der Waals surface area contributed by atoms with Gasteiger partial charge < -0.3 is 10.8 Å². The molecule has 10 heteroatoms. The average molecular weight is 304 g/mol. The third-order valence-electron chi connectivity index (χ3n) is 2.37. The average Bonchev–Trinajstić information content (AvgIpc) is 2.81. The Balaban J connectivity index is 2.55. The Labute approximate surface area is 115 Å².